The number of ether oxygens (including phenoxy) is 1. The summed E-state index contributed by atoms with van der Waals surface area (Å²) < 4.78 is 18.6. The van der Waals surface area contributed by atoms with Gasteiger partial charge in [-0.3, -0.25) is 14.4 Å². The van der Waals surface area contributed by atoms with E-state index in [9.17, 15) is 18.8 Å². The Labute approximate surface area is 163 Å². The second-order valence-corrected chi connectivity index (χ2v) is 7.66. The van der Waals surface area contributed by atoms with Crippen LogP contribution < -0.4 is 20.9 Å². The van der Waals surface area contributed by atoms with Crippen molar-refractivity contribution in [3.63, 3.8) is 0 Å². The molecule has 3 fully saturated rings. The van der Waals surface area contributed by atoms with Gasteiger partial charge in [0.2, 0.25) is 0 Å². The van der Waals surface area contributed by atoms with Gasteiger partial charge in [-0.15, -0.1) is 0 Å². The van der Waals surface area contributed by atoms with Crippen LogP contribution in [0.2, 0.25) is 5.02 Å². The molecule has 1 aromatic carbocycles. The van der Waals surface area contributed by atoms with Crippen LogP contribution in [-0.4, -0.2) is 39.5 Å². The highest BCUT2D eigenvalue weighted by Crippen LogP contribution is 2.60. The number of nitrogens with one attached hydrogen (secondary N) is 3. The van der Waals surface area contributed by atoms with E-state index in [0.717, 1.165) is 12.3 Å². The van der Waals surface area contributed by atoms with Crippen LogP contribution in [0.5, 0.6) is 5.75 Å². The molecule has 5 rings (SSSR count). The summed E-state index contributed by atoms with van der Waals surface area (Å²) in [7, 11) is 0. The van der Waals surface area contributed by atoms with Crippen molar-refractivity contribution in [3.8, 4) is 5.75 Å². The maximum absolute atomic E-state index is 13.4. The minimum atomic E-state index is -0.617. The van der Waals surface area contributed by atoms with Gasteiger partial charge in [0.25, 0.3) is 17.4 Å². The maximum Gasteiger partial charge on any atom is 0.271 e. The Morgan fingerprint density at radius 1 is 1.25 bits per heavy atom. The highest BCUT2D eigenvalue weighted by atomic mass is 35.5. The Morgan fingerprint density at radius 2 is 1.96 bits per heavy atom. The van der Waals surface area contributed by atoms with E-state index in [4.69, 9.17) is 16.3 Å². The molecule has 3 aliphatic carbocycles. The number of carbonyl (C=O) groups is 2. The largest absolute Gasteiger partial charge is 0.484 e. The zero-order chi connectivity index (χ0) is 19.9. The van der Waals surface area contributed by atoms with Gasteiger partial charge >= 0.3 is 0 Å². The van der Waals surface area contributed by atoms with Crippen LogP contribution in [-0.2, 0) is 4.79 Å². The summed E-state index contributed by atoms with van der Waals surface area (Å²) in [5.74, 6) is -1.10. The molecule has 3 N–H and O–H groups in total. The third-order valence-corrected chi connectivity index (χ3v) is 5.29. The minimum absolute atomic E-state index is 0.0184. The van der Waals surface area contributed by atoms with Crippen LogP contribution in [0.3, 0.4) is 0 Å². The average Bonchev–Trinajstić information content (AvgIpc) is 2.60. The number of H-pyrrole nitrogens is 1. The first kappa shape index (κ1) is 18.4. The normalized spacial score (nSPS) is 24.5. The summed E-state index contributed by atoms with van der Waals surface area (Å²) in [6, 6.07) is 3.95. The van der Waals surface area contributed by atoms with Gasteiger partial charge in [0.1, 0.15) is 17.3 Å². The number of aromatic amines is 1. The van der Waals surface area contributed by atoms with E-state index in [2.05, 4.69) is 20.6 Å². The minimum Gasteiger partial charge on any atom is -0.484 e. The first-order valence-electron chi connectivity index (χ1n) is 8.54. The predicted octanol–water partition coefficient (Wildman–Crippen LogP) is 1.16. The van der Waals surface area contributed by atoms with Crippen molar-refractivity contribution >= 4 is 23.4 Å². The van der Waals surface area contributed by atoms with Gasteiger partial charge in [0.15, 0.2) is 6.61 Å². The number of nitrogens with zero attached hydrogens (tertiary/aromatic N) is 1. The molecule has 146 valence electrons. The Hall–Kier alpha value is -2.94. The van der Waals surface area contributed by atoms with E-state index in [1.807, 2.05) is 0 Å². The monoisotopic (exact) mass is 406 g/mol. The third kappa shape index (κ3) is 3.45. The Bertz CT molecular complexity index is 985. The molecule has 3 aliphatic rings. The summed E-state index contributed by atoms with van der Waals surface area (Å²) >= 11 is 5.60. The third-order valence-electron chi connectivity index (χ3n) is 4.98. The molecular weight excluding hydrogens is 391 g/mol. The van der Waals surface area contributed by atoms with Gasteiger partial charge in [-0.1, -0.05) is 11.6 Å². The van der Waals surface area contributed by atoms with Crippen molar-refractivity contribution in [2.24, 2.45) is 0 Å². The van der Waals surface area contributed by atoms with Crippen LogP contribution in [0, 0.1) is 5.82 Å². The van der Waals surface area contributed by atoms with Crippen molar-refractivity contribution in [2.75, 3.05) is 6.61 Å². The zero-order valence-corrected chi connectivity index (χ0v) is 15.3. The molecule has 0 radical (unpaired) electrons. The number of aromatic nitrogens is 2. The van der Waals surface area contributed by atoms with E-state index in [-0.39, 0.29) is 51.5 Å². The van der Waals surface area contributed by atoms with Crippen molar-refractivity contribution < 1.29 is 18.7 Å². The quantitative estimate of drug-likeness (QED) is 0.666. The van der Waals surface area contributed by atoms with Gasteiger partial charge < -0.3 is 20.4 Å². The van der Waals surface area contributed by atoms with E-state index in [1.165, 1.54) is 18.3 Å². The fourth-order valence-corrected chi connectivity index (χ4v) is 3.99. The van der Waals surface area contributed by atoms with Crippen LogP contribution in [0.15, 0.2) is 35.4 Å². The van der Waals surface area contributed by atoms with E-state index < -0.39 is 5.82 Å². The first-order chi connectivity index (χ1) is 13.3. The molecule has 8 nitrogen and oxygen atoms in total. The summed E-state index contributed by atoms with van der Waals surface area (Å²) in [4.78, 5) is 41.5. The standard InChI is InChI=1S/C18H16ClFN4O4/c19-11-2-1-10(3-12(11)20)28-6-15(26)23-17-7-18(8-17,9-17)24-16(27)13-4-22-14(25)5-21-13/h1-5H,6-9H2,(H,22,25)(H,23,26)(H,24,27). The molecule has 10 heteroatoms. The van der Waals surface area contributed by atoms with Crippen molar-refractivity contribution in [2.45, 2.75) is 30.3 Å². The summed E-state index contributed by atoms with van der Waals surface area (Å²) in [6.45, 7) is -0.247. The lowest BCUT2D eigenvalue weighted by molar-refractivity contribution is -0.141. The van der Waals surface area contributed by atoms with Crippen LogP contribution in [0.1, 0.15) is 29.8 Å². The van der Waals surface area contributed by atoms with Gasteiger partial charge in [0.05, 0.1) is 11.2 Å². The number of rotatable bonds is 6. The molecule has 1 aromatic heterocycles. The van der Waals surface area contributed by atoms with E-state index in [0.29, 0.717) is 19.3 Å². The van der Waals surface area contributed by atoms with Crippen LogP contribution in [0.4, 0.5) is 4.39 Å². The van der Waals surface area contributed by atoms with E-state index in [1.54, 1.807) is 0 Å². The average molecular weight is 407 g/mol. The number of hydrogen-bond donors (Lipinski definition) is 3. The van der Waals surface area contributed by atoms with Crippen molar-refractivity contribution in [1.29, 1.82) is 0 Å². The molecule has 28 heavy (non-hydrogen) atoms. The molecule has 1 heterocycles. The molecule has 0 atom stereocenters. The fraction of sp³-hybridized carbons (Fsp3) is 0.333. The molecule has 0 spiro atoms. The lowest BCUT2D eigenvalue weighted by Crippen LogP contribution is -2.84. The fourth-order valence-electron chi connectivity index (χ4n) is 3.87. The van der Waals surface area contributed by atoms with Crippen LogP contribution >= 0.6 is 11.6 Å². The Kier molecular flexibility index (Phi) is 4.34. The van der Waals surface area contributed by atoms with Gasteiger partial charge in [0, 0.05) is 23.3 Å². The maximum atomic E-state index is 13.4. The SMILES string of the molecule is O=C(COc1ccc(Cl)c(F)c1)NC12CC(NC(=O)c3c[nH]c(=O)cn3)(C1)C2. The highest BCUT2D eigenvalue weighted by molar-refractivity contribution is 6.30. The second-order valence-electron chi connectivity index (χ2n) is 7.25. The Balaban J connectivity index is 1.24. The number of carbonyl (C=O) groups excluding carboxylic acids is 2. The first-order valence-corrected chi connectivity index (χ1v) is 8.92. The molecule has 2 amide bonds. The number of halogens is 2. The summed E-state index contributed by atoms with van der Waals surface area (Å²) in [5.41, 5.74) is -0.960. The van der Waals surface area contributed by atoms with E-state index >= 15 is 0 Å². The molecule has 0 unspecified atom stereocenters. The van der Waals surface area contributed by atoms with Crippen molar-refractivity contribution in [1.82, 2.24) is 20.6 Å². The molecule has 2 aromatic rings. The zero-order valence-electron chi connectivity index (χ0n) is 14.6. The highest BCUT2D eigenvalue weighted by Gasteiger charge is 2.69. The van der Waals surface area contributed by atoms with Gasteiger partial charge in [-0.05, 0) is 31.4 Å². The predicted molar refractivity (Wildman–Crippen MR) is 96.7 cm³/mol. The Morgan fingerprint density at radius 3 is 2.61 bits per heavy atom. The summed E-state index contributed by atoms with van der Waals surface area (Å²) in [6.07, 6.45) is 4.13. The summed E-state index contributed by atoms with van der Waals surface area (Å²) in [5, 5.41) is 5.79. The molecular formula is C18H16ClFN4O4. The number of benzene rings is 1. The lowest BCUT2D eigenvalue weighted by Gasteiger charge is -2.70. The second kappa shape index (κ2) is 6.59. The lowest BCUT2D eigenvalue weighted by atomic mass is 9.44. The molecule has 0 saturated heterocycles. The molecule has 3 saturated carbocycles. The molecule has 2 bridgehead atoms. The van der Waals surface area contributed by atoms with Gasteiger partial charge in [-0.2, -0.15) is 0 Å². The smallest absolute Gasteiger partial charge is 0.271 e. The molecule has 0 aliphatic heterocycles. The number of hydrogen-bond acceptors (Lipinski definition) is 5. The topological polar surface area (TPSA) is 113 Å². The van der Waals surface area contributed by atoms with Gasteiger partial charge in [-0.25, -0.2) is 9.37 Å². The van der Waals surface area contributed by atoms with Crippen molar-refractivity contribution in [3.05, 3.63) is 57.5 Å². The number of amides is 2. The van der Waals surface area contributed by atoms with Crippen LogP contribution in [0.25, 0.3) is 0 Å².